The summed E-state index contributed by atoms with van der Waals surface area (Å²) >= 11 is 1.43. The lowest BCUT2D eigenvalue weighted by Crippen LogP contribution is -2.48. The van der Waals surface area contributed by atoms with Gasteiger partial charge in [-0.3, -0.25) is 0 Å². The van der Waals surface area contributed by atoms with Gasteiger partial charge in [-0.2, -0.15) is 11.8 Å². The van der Waals surface area contributed by atoms with Crippen molar-refractivity contribution in [3.8, 4) is 11.5 Å². The van der Waals surface area contributed by atoms with E-state index < -0.39 is 22.0 Å². The largest absolute Gasteiger partial charge is 0.548 e. The number of hydrogen-bond acceptors (Lipinski definition) is 7. The van der Waals surface area contributed by atoms with Crippen LogP contribution in [0.4, 0.5) is 0 Å². The van der Waals surface area contributed by atoms with Gasteiger partial charge in [0.05, 0.1) is 16.9 Å². The Morgan fingerprint density at radius 2 is 2.05 bits per heavy atom. The van der Waals surface area contributed by atoms with Crippen molar-refractivity contribution in [2.75, 3.05) is 25.2 Å². The number of carbonyl (C=O) groups is 1. The van der Waals surface area contributed by atoms with Crippen LogP contribution in [0.5, 0.6) is 11.5 Å². The maximum absolute atomic E-state index is 12.3. The SMILES string of the molecule is CSCC[C@@H](NS(=O)(=O)c1ccc2c(c1)OCCO2)C(=O)[O-]. The predicted octanol–water partition coefficient (Wildman–Crippen LogP) is -0.392. The van der Waals surface area contributed by atoms with Crippen LogP contribution in [-0.4, -0.2) is 45.7 Å². The molecule has 1 aromatic carbocycles. The van der Waals surface area contributed by atoms with Crippen LogP contribution in [0.1, 0.15) is 6.42 Å². The molecule has 0 saturated heterocycles. The zero-order chi connectivity index (χ0) is 16.2. The van der Waals surface area contributed by atoms with Crippen LogP contribution in [0.25, 0.3) is 0 Å². The standard InChI is InChI=1S/C13H17NO6S2/c1-21-7-4-10(13(15)16)14-22(17,18)9-2-3-11-12(8-9)20-6-5-19-11/h2-3,8,10,14H,4-7H2,1H3,(H,15,16)/p-1/t10-/m1/s1. The smallest absolute Gasteiger partial charge is 0.241 e. The summed E-state index contributed by atoms with van der Waals surface area (Å²) in [5.74, 6) is -0.162. The average molecular weight is 346 g/mol. The van der Waals surface area contributed by atoms with Crippen molar-refractivity contribution in [1.82, 2.24) is 4.72 Å². The van der Waals surface area contributed by atoms with Crippen molar-refractivity contribution in [1.29, 1.82) is 0 Å². The lowest BCUT2D eigenvalue weighted by molar-refractivity contribution is -0.308. The Hall–Kier alpha value is -1.45. The summed E-state index contributed by atoms with van der Waals surface area (Å²) < 4.78 is 37.4. The highest BCUT2D eigenvalue weighted by Gasteiger charge is 2.23. The lowest BCUT2D eigenvalue weighted by atomic mass is 10.2. The zero-order valence-corrected chi connectivity index (χ0v) is 13.5. The molecule has 1 aliphatic rings. The van der Waals surface area contributed by atoms with Crippen LogP contribution in [-0.2, 0) is 14.8 Å². The van der Waals surface area contributed by atoms with E-state index >= 15 is 0 Å². The fourth-order valence-corrected chi connectivity index (χ4v) is 3.61. The minimum atomic E-state index is -3.98. The third-order valence-corrected chi connectivity index (χ3v) is 5.13. The van der Waals surface area contributed by atoms with Crippen LogP contribution in [0.3, 0.4) is 0 Å². The Kier molecular flexibility index (Phi) is 5.54. The first-order chi connectivity index (χ1) is 10.4. The van der Waals surface area contributed by atoms with E-state index in [2.05, 4.69) is 4.72 Å². The number of carboxylic acids is 1. The van der Waals surface area contributed by atoms with E-state index in [0.29, 0.717) is 30.5 Å². The molecule has 22 heavy (non-hydrogen) atoms. The summed E-state index contributed by atoms with van der Waals surface area (Å²) in [5.41, 5.74) is 0. The predicted molar refractivity (Wildman–Crippen MR) is 79.5 cm³/mol. The molecule has 0 bridgehead atoms. The number of carbonyl (C=O) groups excluding carboxylic acids is 1. The molecule has 0 saturated carbocycles. The van der Waals surface area contributed by atoms with Gasteiger partial charge in [0.15, 0.2) is 11.5 Å². The Labute approximate surface area is 133 Å². The van der Waals surface area contributed by atoms with Gasteiger partial charge in [-0.1, -0.05) is 0 Å². The molecule has 1 atom stereocenters. The number of sulfonamides is 1. The van der Waals surface area contributed by atoms with Gasteiger partial charge in [-0.25, -0.2) is 13.1 Å². The van der Waals surface area contributed by atoms with Gasteiger partial charge >= 0.3 is 0 Å². The fraction of sp³-hybridized carbons (Fsp3) is 0.462. The van der Waals surface area contributed by atoms with Crippen molar-refractivity contribution in [2.45, 2.75) is 17.4 Å². The van der Waals surface area contributed by atoms with E-state index in [1.807, 2.05) is 6.26 Å². The second-order valence-corrected chi connectivity index (χ2v) is 7.28. The molecule has 122 valence electrons. The molecule has 1 aliphatic heterocycles. The molecule has 0 aromatic heterocycles. The Morgan fingerprint density at radius 3 is 2.68 bits per heavy atom. The summed E-state index contributed by atoms with van der Waals surface area (Å²) in [4.78, 5) is 11.0. The number of ether oxygens (including phenoxy) is 2. The summed E-state index contributed by atoms with van der Waals surface area (Å²) in [6, 6.07) is 2.87. The second kappa shape index (κ2) is 7.21. The molecular weight excluding hydrogens is 330 g/mol. The monoisotopic (exact) mass is 346 g/mol. The van der Waals surface area contributed by atoms with Crippen LogP contribution in [0.15, 0.2) is 23.1 Å². The minimum Gasteiger partial charge on any atom is -0.548 e. The molecular formula is C13H16NO6S2-. The Balaban J connectivity index is 2.20. The third-order valence-electron chi connectivity index (χ3n) is 3.02. The van der Waals surface area contributed by atoms with Gasteiger partial charge in [0.2, 0.25) is 10.0 Å². The molecule has 1 N–H and O–H groups in total. The molecule has 0 radical (unpaired) electrons. The summed E-state index contributed by atoms with van der Waals surface area (Å²) in [5, 5.41) is 11.1. The highest BCUT2D eigenvalue weighted by molar-refractivity contribution is 7.98. The van der Waals surface area contributed by atoms with E-state index in [9.17, 15) is 18.3 Å². The van der Waals surface area contributed by atoms with Gasteiger partial charge in [0.25, 0.3) is 0 Å². The van der Waals surface area contributed by atoms with Crippen molar-refractivity contribution in [3.05, 3.63) is 18.2 Å². The summed E-state index contributed by atoms with van der Waals surface area (Å²) in [6.45, 7) is 0.734. The molecule has 1 aromatic rings. The molecule has 0 amide bonds. The number of aliphatic carboxylic acids is 1. The van der Waals surface area contributed by atoms with E-state index in [0.717, 1.165) is 0 Å². The van der Waals surface area contributed by atoms with E-state index in [4.69, 9.17) is 9.47 Å². The van der Waals surface area contributed by atoms with E-state index in [1.54, 1.807) is 0 Å². The zero-order valence-electron chi connectivity index (χ0n) is 11.9. The molecule has 9 heteroatoms. The molecule has 2 rings (SSSR count). The van der Waals surface area contributed by atoms with Crippen molar-refractivity contribution in [3.63, 3.8) is 0 Å². The second-order valence-electron chi connectivity index (χ2n) is 4.58. The van der Waals surface area contributed by atoms with Crippen LogP contribution < -0.4 is 19.3 Å². The molecule has 0 aliphatic carbocycles. The summed E-state index contributed by atoms with van der Waals surface area (Å²) in [7, 11) is -3.98. The van der Waals surface area contributed by atoms with Gasteiger partial charge in [0, 0.05) is 6.07 Å². The topological polar surface area (TPSA) is 105 Å². The normalized spacial score (nSPS) is 15.3. The highest BCUT2D eigenvalue weighted by Crippen LogP contribution is 2.32. The number of fused-ring (bicyclic) bond motifs is 1. The Bertz CT molecular complexity index is 646. The molecule has 0 fully saturated rings. The average Bonchev–Trinajstić information content (AvgIpc) is 2.50. The van der Waals surface area contributed by atoms with Crippen LogP contribution in [0.2, 0.25) is 0 Å². The first-order valence-corrected chi connectivity index (χ1v) is 9.43. The number of hydrogen-bond donors (Lipinski definition) is 1. The van der Waals surface area contributed by atoms with Gasteiger partial charge in [0.1, 0.15) is 13.2 Å². The van der Waals surface area contributed by atoms with E-state index in [-0.39, 0.29) is 11.3 Å². The van der Waals surface area contributed by atoms with Gasteiger partial charge in [-0.15, -0.1) is 0 Å². The summed E-state index contributed by atoms with van der Waals surface area (Å²) in [6.07, 6.45) is 1.95. The molecule has 1 heterocycles. The van der Waals surface area contributed by atoms with Gasteiger partial charge < -0.3 is 19.4 Å². The maximum atomic E-state index is 12.3. The van der Waals surface area contributed by atoms with Crippen molar-refractivity contribution in [2.24, 2.45) is 0 Å². The highest BCUT2D eigenvalue weighted by atomic mass is 32.2. The quantitative estimate of drug-likeness (QED) is 0.717. The molecule has 0 unspecified atom stereocenters. The minimum absolute atomic E-state index is 0.0767. The van der Waals surface area contributed by atoms with E-state index in [1.165, 1.54) is 30.0 Å². The molecule has 0 spiro atoms. The number of benzene rings is 1. The number of carboxylic acid groups (broad SMARTS) is 1. The van der Waals surface area contributed by atoms with Crippen LogP contribution >= 0.6 is 11.8 Å². The van der Waals surface area contributed by atoms with Crippen LogP contribution in [0, 0.1) is 0 Å². The van der Waals surface area contributed by atoms with Gasteiger partial charge in [-0.05, 0) is 30.6 Å². The van der Waals surface area contributed by atoms with Crippen molar-refractivity contribution < 1.29 is 27.8 Å². The van der Waals surface area contributed by atoms with Crippen molar-refractivity contribution >= 4 is 27.8 Å². The number of nitrogens with one attached hydrogen (secondary N) is 1. The first kappa shape index (κ1) is 16.9. The fourth-order valence-electron chi connectivity index (χ4n) is 1.91. The molecule has 7 nitrogen and oxygen atoms in total. The first-order valence-electron chi connectivity index (χ1n) is 6.56. The third kappa shape index (κ3) is 4.05. The maximum Gasteiger partial charge on any atom is 0.241 e. The number of rotatable bonds is 7. The Morgan fingerprint density at radius 1 is 1.36 bits per heavy atom. The lowest BCUT2D eigenvalue weighted by Gasteiger charge is -2.21. The number of thioether (sulfide) groups is 1.